The van der Waals surface area contributed by atoms with Crippen molar-refractivity contribution in [3.05, 3.63) is 71.9 Å². The number of aliphatic carboxylic acids is 1. The minimum Gasteiger partial charge on any atom is -0.492 e. The molecule has 0 bridgehead atoms. The van der Waals surface area contributed by atoms with Crippen LogP contribution in [0.25, 0.3) is 11.3 Å². The molecule has 170 valence electrons. The van der Waals surface area contributed by atoms with Crippen molar-refractivity contribution in [1.82, 2.24) is 4.57 Å². The predicted octanol–water partition coefficient (Wildman–Crippen LogP) is 4.31. The van der Waals surface area contributed by atoms with Gasteiger partial charge in [-0.05, 0) is 61.3 Å². The topological polar surface area (TPSA) is 77.8 Å². The van der Waals surface area contributed by atoms with Crippen molar-refractivity contribution in [2.24, 2.45) is 0 Å². The number of hydrogen-bond acceptors (Lipinski definition) is 4. The number of carboxylic acid groups (broad SMARTS) is 1. The Balaban J connectivity index is 1.61. The Bertz CT molecular complexity index is 1240. The molecule has 0 fully saturated rings. The predicted molar refractivity (Wildman–Crippen MR) is 126 cm³/mol. The lowest BCUT2D eigenvalue weighted by Gasteiger charge is -2.14. The van der Waals surface area contributed by atoms with Gasteiger partial charge in [-0.1, -0.05) is 24.3 Å². The maximum Gasteiger partial charge on any atom is 0.333 e. The molecule has 1 heterocycles. The molecule has 1 N–H and O–H groups in total. The summed E-state index contributed by atoms with van der Waals surface area (Å²) in [6.07, 6.45) is -0.227. The summed E-state index contributed by atoms with van der Waals surface area (Å²) in [4.78, 5) is 12.3. The van der Waals surface area contributed by atoms with E-state index in [2.05, 4.69) is 4.57 Å². The third-order valence-electron chi connectivity index (χ3n) is 5.09. The molecule has 0 saturated heterocycles. The van der Waals surface area contributed by atoms with Crippen LogP contribution in [0, 0.1) is 6.92 Å². The first-order chi connectivity index (χ1) is 17.3. The average molecular weight is 461 g/mol. The second kappa shape index (κ2) is 11.1. The number of carboxylic acids is 1. The van der Waals surface area contributed by atoms with Crippen LogP contribution in [0.1, 0.15) is 25.0 Å². The lowest BCUT2D eigenvalue weighted by Crippen LogP contribution is -2.26. The number of carbonyl (C=O) groups is 1. The van der Waals surface area contributed by atoms with Crippen molar-refractivity contribution in [3.63, 3.8) is 0 Å². The van der Waals surface area contributed by atoms with Crippen LogP contribution < -0.4 is 4.74 Å². The van der Waals surface area contributed by atoms with E-state index < -0.39 is 36.3 Å². The first-order valence-electron chi connectivity index (χ1n) is 12.5. The first kappa shape index (κ1) is 17.6. The molecule has 1 aromatic heterocycles. The van der Waals surface area contributed by atoms with Gasteiger partial charge in [-0.3, -0.25) is 4.21 Å². The molecule has 32 heavy (non-hydrogen) atoms. The second-order valence-electron chi connectivity index (χ2n) is 7.23. The average Bonchev–Trinajstić information content (AvgIpc) is 3.19. The molecular weight excluding hydrogens is 426 g/mol. The minimum atomic E-state index is -3.12. The zero-order chi connectivity index (χ0) is 27.4. The molecule has 2 atom stereocenters. The third-order valence-corrected chi connectivity index (χ3v) is 6.02. The standard InChI is InChI=1S/C25H29NO5S/c1-4-30-24(25(27)28)17-19-6-10-21(11-7-19)31-16-15-26-18(2)5-14-23(26)20-8-12-22(13-9-20)32(3)29/h5-14,24H,4,15-17H2,1-3H3,(H,27,28)/t24-,32?/m0/s1/i1D3,4D2. The fraction of sp³-hybridized carbons (Fsp3) is 0.320. The van der Waals surface area contributed by atoms with E-state index in [9.17, 15) is 14.1 Å². The van der Waals surface area contributed by atoms with Gasteiger partial charge in [0.25, 0.3) is 0 Å². The summed E-state index contributed by atoms with van der Waals surface area (Å²) < 4.78 is 61.1. The fourth-order valence-corrected chi connectivity index (χ4v) is 3.90. The lowest BCUT2D eigenvalue weighted by molar-refractivity contribution is -0.149. The number of nitrogens with zero attached hydrogens (tertiary/aromatic N) is 1. The van der Waals surface area contributed by atoms with Crippen molar-refractivity contribution in [2.45, 2.75) is 37.7 Å². The second-order valence-corrected chi connectivity index (χ2v) is 8.61. The van der Waals surface area contributed by atoms with E-state index in [1.807, 2.05) is 43.3 Å². The number of ether oxygens (including phenoxy) is 2. The van der Waals surface area contributed by atoms with Crippen molar-refractivity contribution < 1.29 is 30.4 Å². The van der Waals surface area contributed by atoms with Crippen LogP contribution in [-0.2, 0) is 33.3 Å². The number of rotatable bonds is 11. The van der Waals surface area contributed by atoms with E-state index in [0.29, 0.717) is 24.5 Å². The van der Waals surface area contributed by atoms with Gasteiger partial charge in [-0.2, -0.15) is 0 Å². The summed E-state index contributed by atoms with van der Waals surface area (Å²) in [5, 5.41) is 9.37. The molecule has 3 aromatic rings. The van der Waals surface area contributed by atoms with Gasteiger partial charge in [0.05, 0.1) is 9.29 Å². The maximum atomic E-state index is 11.7. The highest BCUT2D eigenvalue weighted by Crippen LogP contribution is 2.24. The molecule has 0 saturated carbocycles. The van der Waals surface area contributed by atoms with Gasteiger partial charge in [-0.15, -0.1) is 0 Å². The number of hydrogen-bond donors (Lipinski definition) is 1. The largest absolute Gasteiger partial charge is 0.492 e. The summed E-state index contributed by atoms with van der Waals surface area (Å²) in [7, 11) is -1.04. The molecule has 2 aromatic carbocycles. The van der Waals surface area contributed by atoms with Crippen LogP contribution in [0.4, 0.5) is 0 Å². The van der Waals surface area contributed by atoms with Gasteiger partial charge in [0, 0.05) is 50.4 Å². The van der Waals surface area contributed by atoms with Crippen LogP contribution in [-0.4, -0.2) is 45.4 Å². The number of benzene rings is 2. The highest BCUT2D eigenvalue weighted by molar-refractivity contribution is 7.84. The molecule has 0 amide bonds. The normalized spacial score (nSPS) is 16.1. The Morgan fingerprint density at radius 1 is 1.16 bits per heavy atom. The van der Waals surface area contributed by atoms with Crippen molar-refractivity contribution in [2.75, 3.05) is 19.4 Å². The Morgan fingerprint density at radius 3 is 2.50 bits per heavy atom. The van der Waals surface area contributed by atoms with Crippen molar-refractivity contribution in [1.29, 1.82) is 0 Å². The summed E-state index contributed by atoms with van der Waals surface area (Å²) in [6.45, 7) is -3.25. The van der Waals surface area contributed by atoms with Gasteiger partial charge in [-0.25, -0.2) is 4.79 Å². The third kappa shape index (κ3) is 6.08. The quantitative estimate of drug-likeness (QED) is 0.461. The summed E-state index contributed by atoms with van der Waals surface area (Å²) in [6, 6.07) is 18.2. The summed E-state index contributed by atoms with van der Waals surface area (Å²) in [5.74, 6) is -0.889. The van der Waals surface area contributed by atoms with Gasteiger partial charge in [0.2, 0.25) is 0 Å². The van der Waals surface area contributed by atoms with E-state index in [1.165, 1.54) is 0 Å². The minimum absolute atomic E-state index is 0.207. The van der Waals surface area contributed by atoms with Gasteiger partial charge in [0.1, 0.15) is 12.4 Å². The Hall–Kier alpha value is -2.90. The highest BCUT2D eigenvalue weighted by atomic mass is 32.2. The Morgan fingerprint density at radius 2 is 1.88 bits per heavy atom. The van der Waals surface area contributed by atoms with Gasteiger partial charge >= 0.3 is 5.97 Å². The van der Waals surface area contributed by atoms with E-state index >= 15 is 0 Å². The zero-order valence-electron chi connectivity index (χ0n) is 22.9. The smallest absolute Gasteiger partial charge is 0.333 e. The molecule has 3 rings (SSSR count). The molecule has 6 nitrogen and oxygen atoms in total. The first-order valence-corrected chi connectivity index (χ1v) is 11.6. The van der Waals surface area contributed by atoms with Crippen LogP contribution >= 0.6 is 0 Å². The molecule has 0 spiro atoms. The Kier molecular flexibility index (Phi) is 6.12. The van der Waals surface area contributed by atoms with Crippen LogP contribution in [0.15, 0.2) is 65.6 Å². The molecule has 0 aliphatic carbocycles. The van der Waals surface area contributed by atoms with Gasteiger partial charge < -0.3 is 19.1 Å². The maximum absolute atomic E-state index is 11.7. The van der Waals surface area contributed by atoms with E-state index in [-0.39, 0.29) is 6.42 Å². The van der Waals surface area contributed by atoms with Crippen LogP contribution in [0.3, 0.4) is 0 Å². The lowest BCUT2D eigenvalue weighted by atomic mass is 10.1. The van der Waals surface area contributed by atoms with Crippen LogP contribution in [0.2, 0.25) is 0 Å². The number of aromatic nitrogens is 1. The highest BCUT2D eigenvalue weighted by Gasteiger charge is 2.17. The fourth-order valence-electron chi connectivity index (χ4n) is 3.38. The SMILES string of the molecule is [2H]C([2H])([2H])C([2H])([2H])O[C@@H](Cc1ccc(OCCn2c(C)ccc2-c2ccc(S(C)=O)cc2)cc1)C(=O)O. The van der Waals surface area contributed by atoms with Gasteiger partial charge in [0.15, 0.2) is 6.10 Å². The van der Waals surface area contributed by atoms with E-state index in [4.69, 9.17) is 16.3 Å². The molecule has 0 aliphatic rings. The summed E-state index contributed by atoms with van der Waals surface area (Å²) in [5.41, 5.74) is 3.61. The van der Waals surface area contributed by atoms with Crippen molar-refractivity contribution in [3.8, 4) is 17.0 Å². The monoisotopic (exact) mass is 460 g/mol. The molecule has 0 radical (unpaired) electrons. The molecule has 1 unspecified atom stereocenters. The van der Waals surface area contributed by atoms with E-state index in [1.54, 1.807) is 30.5 Å². The van der Waals surface area contributed by atoms with Crippen molar-refractivity contribution >= 4 is 16.8 Å². The Labute approximate surface area is 198 Å². The van der Waals surface area contributed by atoms with E-state index in [0.717, 1.165) is 21.8 Å². The molecular formula is C25H29NO5S. The molecule has 7 heteroatoms. The van der Waals surface area contributed by atoms with Crippen LogP contribution in [0.5, 0.6) is 5.75 Å². The molecule has 0 aliphatic heterocycles. The number of aryl methyl sites for hydroxylation is 1. The summed E-state index contributed by atoms with van der Waals surface area (Å²) >= 11 is 0. The zero-order valence-corrected chi connectivity index (χ0v) is 18.7.